The van der Waals surface area contributed by atoms with Gasteiger partial charge >= 0.3 is 0 Å². The highest BCUT2D eigenvalue weighted by Crippen LogP contribution is 2.36. The summed E-state index contributed by atoms with van der Waals surface area (Å²) >= 11 is 0. The summed E-state index contributed by atoms with van der Waals surface area (Å²) in [5.74, 6) is 2.81. The predicted molar refractivity (Wildman–Crippen MR) is 114 cm³/mol. The van der Waals surface area contributed by atoms with Gasteiger partial charge in [-0.05, 0) is 37.3 Å². The van der Waals surface area contributed by atoms with Crippen molar-refractivity contribution in [1.82, 2.24) is 19.6 Å². The number of hydrogen-bond donors (Lipinski definition) is 1. The van der Waals surface area contributed by atoms with E-state index in [1.54, 1.807) is 24.0 Å². The van der Waals surface area contributed by atoms with E-state index < -0.39 is 0 Å². The highest BCUT2D eigenvalue weighted by atomic mass is 16.5. The summed E-state index contributed by atoms with van der Waals surface area (Å²) in [6, 6.07) is 3.77. The molecule has 0 unspecified atom stereocenters. The van der Waals surface area contributed by atoms with Crippen LogP contribution in [0.5, 0.6) is 5.75 Å². The Bertz CT molecular complexity index is 1070. The van der Waals surface area contributed by atoms with Crippen molar-refractivity contribution in [3.8, 4) is 5.75 Å². The Kier molecular flexibility index (Phi) is 4.77. The number of nitrogens with one attached hydrogen (secondary N) is 1. The second-order valence-electron chi connectivity index (χ2n) is 8.42. The molecule has 8 heteroatoms. The molecule has 0 spiro atoms. The second kappa shape index (κ2) is 7.59. The van der Waals surface area contributed by atoms with Gasteiger partial charge in [0.1, 0.15) is 11.5 Å². The number of fused-ring (bicyclic) bond motifs is 1. The number of carbonyl (C=O) groups excluding carboxylic acids is 1. The Hall–Kier alpha value is -3.16. The Morgan fingerprint density at radius 3 is 2.67 bits per heavy atom. The lowest BCUT2D eigenvalue weighted by Gasteiger charge is -2.40. The Labute approximate surface area is 175 Å². The SMILES string of the molecule is COc1cn2nc(C)cc2cc1NC(=O)c1cnc(N2CC(CCC3CC3)C2)cn1. The summed E-state index contributed by atoms with van der Waals surface area (Å²) < 4.78 is 7.13. The molecule has 0 aromatic carbocycles. The largest absolute Gasteiger partial charge is 0.493 e. The average molecular weight is 406 g/mol. The van der Waals surface area contributed by atoms with E-state index in [4.69, 9.17) is 4.74 Å². The molecule has 1 N–H and O–H groups in total. The maximum atomic E-state index is 12.7. The number of carbonyl (C=O) groups is 1. The van der Waals surface area contributed by atoms with Crippen LogP contribution in [0.1, 0.15) is 41.9 Å². The van der Waals surface area contributed by atoms with Crippen LogP contribution in [0.25, 0.3) is 5.52 Å². The standard InChI is InChI=1S/C22H26N6O2/c1-14-7-17-8-18(20(30-2)13-28(17)26-14)25-22(29)19-9-24-21(10-23-19)27-11-16(12-27)6-5-15-3-4-15/h7-10,13,15-16H,3-6,11-12H2,1-2H3,(H,25,29). The minimum absolute atomic E-state index is 0.274. The van der Waals surface area contributed by atoms with Crippen molar-refractivity contribution in [2.24, 2.45) is 11.8 Å². The molecule has 1 saturated heterocycles. The lowest BCUT2D eigenvalue weighted by atomic mass is 9.93. The molecule has 8 nitrogen and oxygen atoms in total. The van der Waals surface area contributed by atoms with E-state index in [1.807, 2.05) is 19.1 Å². The summed E-state index contributed by atoms with van der Waals surface area (Å²) in [6.45, 7) is 3.99. The first-order valence-corrected chi connectivity index (χ1v) is 10.5. The van der Waals surface area contributed by atoms with Gasteiger partial charge < -0.3 is 15.0 Å². The smallest absolute Gasteiger partial charge is 0.275 e. The molecule has 2 aliphatic rings. The molecule has 5 rings (SSSR count). The molecule has 2 fully saturated rings. The van der Waals surface area contributed by atoms with Crippen molar-refractivity contribution in [2.45, 2.75) is 32.6 Å². The summed E-state index contributed by atoms with van der Waals surface area (Å²) in [7, 11) is 1.56. The normalized spacial score (nSPS) is 16.5. The van der Waals surface area contributed by atoms with Crippen molar-refractivity contribution in [3.05, 3.63) is 42.1 Å². The molecule has 0 radical (unpaired) electrons. The number of nitrogens with zero attached hydrogens (tertiary/aromatic N) is 5. The van der Waals surface area contributed by atoms with E-state index in [-0.39, 0.29) is 11.6 Å². The van der Waals surface area contributed by atoms with Crippen molar-refractivity contribution in [3.63, 3.8) is 0 Å². The molecule has 3 aromatic rings. The van der Waals surface area contributed by atoms with Gasteiger partial charge in [0.25, 0.3) is 5.91 Å². The fourth-order valence-corrected chi connectivity index (χ4v) is 4.01. The first-order valence-electron chi connectivity index (χ1n) is 10.5. The zero-order valence-electron chi connectivity index (χ0n) is 17.3. The first-order chi connectivity index (χ1) is 14.6. The molecule has 156 valence electrons. The molecule has 1 saturated carbocycles. The summed E-state index contributed by atoms with van der Waals surface area (Å²) in [4.78, 5) is 23.7. The third-order valence-corrected chi connectivity index (χ3v) is 5.98. The fraction of sp³-hybridized carbons (Fsp3) is 0.455. The first kappa shape index (κ1) is 18.8. The molecule has 4 heterocycles. The number of pyridine rings is 1. The van der Waals surface area contributed by atoms with Crippen molar-refractivity contribution < 1.29 is 9.53 Å². The van der Waals surface area contributed by atoms with Gasteiger partial charge in [-0.2, -0.15) is 5.10 Å². The van der Waals surface area contributed by atoms with E-state index in [2.05, 4.69) is 25.3 Å². The lowest BCUT2D eigenvalue weighted by molar-refractivity contribution is 0.102. The minimum Gasteiger partial charge on any atom is -0.493 e. The van der Waals surface area contributed by atoms with Crippen LogP contribution in [-0.4, -0.2) is 45.7 Å². The molecular formula is C22H26N6O2. The molecule has 3 aromatic heterocycles. The van der Waals surface area contributed by atoms with Crippen LogP contribution in [0.2, 0.25) is 0 Å². The molecule has 30 heavy (non-hydrogen) atoms. The van der Waals surface area contributed by atoms with Crippen LogP contribution in [0.3, 0.4) is 0 Å². The van der Waals surface area contributed by atoms with Crippen LogP contribution in [0.15, 0.2) is 30.7 Å². The molecule has 1 aliphatic carbocycles. The third kappa shape index (κ3) is 3.81. The van der Waals surface area contributed by atoms with Gasteiger partial charge in [-0.15, -0.1) is 0 Å². The Morgan fingerprint density at radius 1 is 1.17 bits per heavy atom. The van der Waals surface area contributed by atoms with Crippen molar-refractivity contribution >= 4 is 22.9 Å². The summed E-state index contributed by atoms with van der Waals surface area (Å²) in [5, 5.41) is 7.24. The highest BCUT2D eigenvalue weighted by molar-refractivity contribution is 6.03. The maximum Gasteiger partial charge on any atom is 0.275 e. The summed E-state index contributed by atoms with van der Waals surface area (Å²) in [5.41, 5.74) is 2.61. The average Bonchev–Trinajstić information content (AvgIpc) is 3.46. The maximum absolute atomic E-state index is 12.7. The molecular weight excluding hydrogens is 380 g/mol. The van der Waals surface area contributed by atoms with Crippen molar-refractivity contribution in [1.29, 1.82) is 0 Å². The van der Waals surface area contributed by atoms with E-state index in [0.29, 0.717) is 11.4 Å². The zero-order valence-corrected chi connectivity index (χ0v) is 17.3. The van der Waals surface area contributed by atoms with Gasteiger partial charge in [0.05, 0.1) is 42.6 Å². The van der Waals surface area contributed by atoms with Crippen LogP contribution in [0, 0.1) is 18.8 Å². The number of amides is 1. The van der Waals surface area contributed by atoms with Crippen molar-refractivity contribution in [2.75, 3.05) is 30.4 Å². The number of rotatable bonds is 7. The monoisotopic (exact) mass is 406 g/mol. The van der Waals surface area contributed by atoms with E-state index in [0.717, 1.165) is 42.0 Å². The second-order valence-corrected chi connectivity index (χ2v) is 8.42. The third-order valence-electron chi connectivity index (χ3n) is 5.98. The topological polar surface area (TPSA) is 84.7 Å². The number of aromatic nitrogens is 4. The number of aryl methyl sites for hydroxylation is 1. The van der Waals surface area contributed by atoms with Gasteiger partial charge in [-0.25, -0.2) is 14.5 Å². The molecule has 0 bridgehead atoms. The van der Waals surface area contributed by atoms with Gasteiger partial charge in [0.2, 0.25) is 0 Å². The Balaban J connectivity index is 1.23. The van der Waals surface area contributed by atoms with Crippen LogP contribution in [0.4, 0.5) is 11.5 Å². The minimum atomic E-state index is -0.321. The van der Waals surface area contributed by atoms with Gasteiger partial charge in [-0.3, -0.25) is 4.79 Å². The number of methoxy groups -OCH3 is 1. The van der Waals surface area contributed by atoms with E-state index >= 15 is 0 Å². The number of hydrogen-bond acceptors (Lipinski definition) is 6. The lowest BCUT2D eigenvalue weighted by Crippen LogP contribution is -2.47. The molecule has 1 aliphatic heterocycles. The van der Waals surface area contributed by atoms with Crippen LogP contribution < -0.4 is 15.0 Å². The van der Waals surface area contributed by atoms with Gasteiger partial charge in [0.15, 0.2) is 5.75 Å². The summed E-state index contributed by atoms with van der Waals surface area (Å²) in [6.07, 6.45) is 10.5. The van der Waals surface area contributed by atoms with E-state index in [1.165, 1.54) is 31.9 Å². The van der Waals surface area contributed by atoms with Crippen LogP contribution in [-0.2, 0) is 0 Å². The highest BCUT2D eigenvalue weighted by Gasteiger charge is 2.30. The predicted octanol–water partition coefficient (Wildman–Crippen LogP) is 3.32. The van der Waals surface area contributed by atoms with E-state index in [9.17, 15) is 4.79 Å². The number of ether oxygens (including phenoxy) is 1. The zero-order chi connectivity index (χ0) is 20.7. The van der Waals surface area contributed by atoms with Crippen LogP contribution >= 0.6 is 0 Å². The quantitative estimate of drug-likeness (QED) is 0.648. The molecule has 0 atom stereocenters. The van der Waals surface area contributed by atoms with Gasteiger partial charge in [0, 0.05) is 13.1 Å². The van der Waals surface area contributed by atoms with Gasteiger partial charge in [-0.1, -0.05) is 19.3 Å². The molecule has 1 amide bonds. The fourth-order valence-electron chi connectivity index (χ4n) is 4.01. The Morgan fingerprint density at radius 2 is 1.97 bits per heavy atom. The number of anilines is 2.